The molecule has 134 valence electrons. The van der Waals surface area contributed by atoms with E-state index < -0.39 is 25.9 Å². The Morgan fingerprint density at radius 3 is 2.04 bits per heavy atom. The molecular formula is C15H14ClFN2O4S2. The predicted molar refractivity (Wildman–Crippen MR) is 92.0 cm³/mol. The molecule has 0 aliphatic heterocycles. The maximum absolute atomic E-state index is 13.8. The van der Waals surface area contributed by atoms with Crippen molar-refractivity contribution in [1.82, 2.24) is 4.72 Å². The number of sulfonamides is 2. The second-order valence-electron chi connectivity index (χ2n) is 5.57. The molecule has 25 heavy (non-hydrogen) atoms. The summed E-state index contributed by atoms with van der Waals surface area (Å²) in [4.78, 5) is -0.232. The molecule has 10 heteroatoms. The van der Waals surface area contributed by atoms with Crippen LogP contribution in [0.3, 0.4) is 0 Å². The van der Waals surface area contributed by atoms with E-state index in [0.29, 0.717) is 0 Å². The lowest BCUT2D eigenvalue weighted by atomic mass is 10.3. The summed E-state index contributed by atoms with van der Waals surface area (Å²) in [6.45, 7) is 0. The average molecular weight is 405 g/mol. The minimum absolute atomic E-state index is 0.0349. The number of benzene rings is 2. The topological polar surface area (TPSA) is 92.3 Å². The van der Waals surface area contributed by atoms with Crippen molar-refractivity contribution >= 4 is 37.3 Å². The van der Waals surface area contributed by atoms with Crippen LogP contribution in [-0.4, -0.2) is 22.9 Å². The molecule has 3 rings (SSSR count). The highest BCUT2D eigenvalue weighted by atomic mass is 35.5. The molecule has 0 aromatic heterocycles. The molecule has 6 nitrogen and oxygen atoms in total. The smallest absolute Gasteiger partial charge is 0.261 e. The van der Waals surface area contributed by atoms with Crippen molar-refractivity contribution < 1.29 is 21.2 Å². The minimum atomic E-state index is -4.09. The van der Waals surface area contributed by atoms with Crippen LogP contribution in [0.2, 0.25) is 5.02 Å². The normalized spacial score (nSPS) is 15.1. The van der Waals surface area contributed by atoms with Gasteiger partial charge in [0.2, 0.25) is 10.0 Å². The Labute approximate surface area is 150 Å². The van der Waals surface area contributed by atoms with Crippen LogP contribution >= 0.6 is 11.6 Å². The average Bonchev–Trinajstić information content (AvgIpc) is 3.35. The first-order chi connectivity index (χ1) is 11.7. The molecule has 0 amide bonds. The Balaban J connectivity index is 1.84. The summed E-state index contributed by atoms with van der Waals surface area (Å²) in [7, 11) is -7.76. The number of anilines is 1. The predicted octanol–water partition coefficient (Wildman–Crippen LogP) is 2.72. The van der Waals surface area contributed by atoms with Gasteiger partial charge in [0.25, 0.3) is 10.0 Å². The lowest BCUT2D eigenvalue weighted by Gasteiger charge is -2.10. The summed E-state index contributed by atoms with van der Waals surface area (Å²) < 4.78 is 67.3. The van der Waals surface area contributed by atoms with E-state index in [1.54, 1.807) is 0 Å². The van der Waals surface area contributed by atoms with E-state index in [1.807, 2.05) is 0 Å². The van der Waals surface area contributed by atoms with E-state index >= 15 is 0 Å². The standard InChI is InChI=1S/C15H14ClFN2O4S2/c16-13-2-1-3-14(15(13)17)19-25(22,23)12-8-6-11(7-9-12)24(20,21)18-10-4-5-10/h1-3,6-10,18-19H,4-5H2. The van der Waals surface area contributed by atoms with Gasteiger partial charge in [-0.3, -0.25) is 4.72 Å². The molecule has 2 aromatic rings. The molecule has 1 aliphatic rings. The Kier molecular flexibility index (Phi) is 4.76. The third kappa shape index (κ3) is 4.12. The van der Waals surface area contributed by atoms with Crippen LogP contribution in [0.1, 0.15) is 12.8 Å². The largest absolute Gasteiger partial charge is 0.277 e. The molecule has 2 aromatic carbocycles. The van der Waals surface area contributed by atoms with E-state index in [1.165, 1.54) is 30.3 Å². The van der Waals surface area contributed by atoms with Gasteiger partial charge in [-0.15, -0.1) is 0 Å². The van der Waals surface area contributed by atoms with E-state index in [2.05, 4.69) is 9.44 Å². The van der Waals surface area contributed by atoms with Crippen molar-refractivity contribution in [1.29, 1.82) is 0 Å². The zero-order chi connectivity index (χ0) is 18.2. The molecule has 0 bridgehead atoms. The van der Waals surface area contributed by atoms with Gasteiger partial charge in [-0.05, 0) is 49.2 Å². The summed E-state index contributed by atoms with van der Waals surface area (Å²) >= 11 is 5.62. The van der Waals surface area contributed by atoms with Gasteiger partial charge in [-0.25, -0.2) is 25.9 Å². The highest BCUT2D eigenvalue weighted by Gasteiger charge is 2.28. The summed E-state index contributed by atoms with van der Waals surface area (Å²) in [6, 6.07) is 8.54. The molecule has 0 unspecified atom stereocenters. The van der Waals surface area contributed by atoms with Crippen molar-refractivity contribution in [3.8, 4) is 0 Å². The quantitative estimate of drug-likeness (QED) is 0.774. The Bertz CT molecular complexity index is 1000. The molecule has 1 fully saturated rings. The second kappa shape index (κ2) is 6.56. The highest BCUT2D eigenvalue weighted by molar-refractivity contribution is 7.92. The molecule has 0 spiro atoms. The van der Waals surface area contributed by atoms with E-state index in [-0.39, 0.29) is 26.5 Å². The van der Waals surface area contributed by atoms with Crippen LogP contribution in [0.4, 0.5) is 10.1 Å². The maximum atomic E-state index is 13.8. The van der Waals surface area contributed by atoms with Gasteiger partial charge < -0.3 is 0 Å². The number of rotatable bonds is 6. The molecule has 1 saturated carbocycles. The first-order valence-corrected chi connectivity index (χ1v) is 10.6. The van der Waals surface area contributed by atoms with Crippen molar-refractivity contribution in [3.05, 3.63) is 53.3 Å². The maximum Gasteiger partial charge on any atom is 0.261 e. The molecular weight excluding hydrogens is 391 g/mol. The highest BCUT2D eigenvalue weighted by Crippen LogP contribution is 2.26. The first-order valence-electron chi connectivity index (χ1n) is 7.28. The van der Waals surface area contributed by atoms with E-state index in [9.17, 15) is 21.2 Å². The van der Waals surface area contributed by atoms with Crippen LogP contribution in [0.15, 0.2) is 52.3 Å². The van der Waals surface area contributed by atoms with Crippen molar-refractivity contribution in [2.24, 2.45) is 0 Å². The lowest BCUT2D eigenvalue weighted by molar-refractivity contribution is 0.580. The Morgan fingerprint density at radius 2 is 1.48 bits per heavy atom. The zero-order valence-electron chi connectivity index (χ0n) is 12.7. The third-order valence-corrected chi connectivity index (χ3v) is 6.75. The van der Waals surface area contributed by atoms with Crippen molar-refractivity contribution in [2.75, 3.05) is 4.72 Å². The Hall–Kier alpha value is -1.68. The molecule has 0 heterocycles. The fraction of sp³-hybridized carbons (Fsp3) is 0.200. The lowest BCUT2D eigenvalue weighted by Crippen LogP contribution is -2.25. The fourth-order valence-electron chi connectivity index (χ4n) is 2.07. The monoisotopic (exact) mass is 404 g/mol. The van der Waals surface area contributed by atoms with Gasteiger partial charge in [0.05, 0.1) is 20.5 Å². The van der Waals surface area contributed by atoms with Gasteiger partial charge in [-0.2, -0.15) is 0 Å². The minimum Gasteiger partial charge on any atom is -0.277 e. The van der Waals surface area contributed by atoms with Gasteiger partial charge in [0, 0.05) is 6.04 Å². The van der Waals surface area contributed by atoms with E-state index in [0.717, 1.165) is 25.0 Å². The summed E-state index contributed by atoms with van der Waals surface area (Å²) in [5.74, 6) is -0.888. The Morgan fingerprint density at radius 1 is 0.920 bits per heavy atom. The third-order valence-electron chi connectivity index (χ3n) is 3.54. The van der Waals surface area contributed by atoms with Crippen LogP contribution in [-0.2, 0) is 20.0 Å². The first kappa shape index (κ1) is 18.1. The number of hydrogen-bond acceptors (Lipinski definition) is 4. The molecule has 0 atom stereocenters. The van der Waals surface area contributed by atoms with E-state index in [4.69, 9.17) is 11.6 Å². The van der Waals surface area contributed by atoms with Crippen LogP contribution in [0.5, 0.6) is 0 Å². The van der Waals surface area contributed by atoms with Crippen LogP contribution in [0, 0.1) is 5.82 Å². The summed E-state index contributed by atoms with van der Waals surface area (Å²) in [5, 5.41) is -0.215. The van der Waals surface area contributed by atoms with Gasteiger partial charge in [0.15, 0.2) is 5.82 Å². The summed E-state index contributed by atoms with van der Waals surface area (Å²) in [5.41, 5.74) is -0.292. The summed E-state index contributed by atoms with van der Waals surface area (Å²) in [6.07, 6.45) is 1.58. The second-order valence-corrected chi connectivity index (χ2v) is 9.38. The SMILES string of the molecule is O=S(=O)(Nc1cccc(Cl)c1F)c1ccc(S(=O)(=O)NC2CC2)cc1. The fourth-order valence-corrected chi connectivity index (χ4v) is 4.61. The van der Waals surface area contributed by atoms with Gasteiger partial charge in [0.1, 0.15) is 0 Å². The molecule has 0 radical (unpaired) electrons. The van der Waals surface area contributed by atoms with Crippen molar-refractivity contribution in [2.45, 2.75) is 28.7 Å². The zero-order valence-corrected chi connectivity index (χ0v) is 15.1. The van der Waals surface area contributed by atoms with Crippen LogP contribution in [0.25, 0.3) is 0 Å². The molecule has 0 saturated heterocycles. The van der Waals surface area contributed by atoms with Gasteiger partial charge in [-0.1, -0.05) is 17.7 Å². The van der Waals surface area contributed by atoms with Crippen molar-refractivity contribution in [3.63, 3.8) is 0 Å². The van der Waals surface area contributed by atoms with Crippen LogP contribution < -0.4 is 9.44 Å². The molecule has 2 N–H and O–H groups in total. The van der Waals surface area contributed by atoms with Gasteiger partial charge >= 0.3 is 0 Å². The molecule has 1 aliphatic carbocycles. The number of nitrogens with one attached hydrogen (secondary N) is 2. The number of hydrogen-bond donors (Lipinski definition) is 2. The number of halogens is 2.